The molecule has 0 bridgehead atoms. The number of nitrogens with zero attached hydrogens (tertiary/aromatic N) is 5. The molecule has 0 radical (unpaired) electrons. The van der Waals surface area contributed by atoms with Gasteiger partial charge in [0.25, 0.3) is 0 Å². The van der Waals surface area contributed by atoms with Gasteiger partial charge in [0.15, 0.2) is 5.11 Å². The maximum absolute atomic E-state index is 11.2. The van der Waals surface area contributed by atoms with E-state index in [0.717, 1.165) is 74.2 Å². The van der Waals surface area contributed by atoms with E-state index >= 15 is 0 Å². The Balaban J connectivity index is 1.36. The third-order valence-corrected chi connectivity index (χ3v) is 7.27. The number of unbranched alkanes of at least 4 members (excludes halogenated alkanes) is 5. The Labute approximate surface area is 259 Å². The van der Waals surface area contributed by atoms with Crippen LogP contribution in [0.4, 0.5) is 5.69 Å². The van der Waals surface area contributed by atoms with Crippen LogP contribution in [0.5, 0.6) is 0 Å². The van der Waals surface area contributed by atoms with Gasteiger partial charge in [0.05, 0.1) is 25.1 Å². The summed E-state index contributed by atoms with van der Waals surface area (Å²) >= 11 is 6.39. The van der Waals surface area contributed by atoms with E-state index in [1.165, 1.54) is 0 Å². The number of thiocarbonyl (C=S) groups is 1. The number of hydrogen-bond donors (Lipinski definition) is 5. The van der Waals surface area contributed by atoms with Crippen LogP contribution in [-0.4, -0.2) is 64.4 Å². The van der Waals surface area contributed by atoms with E-state index in [4.69, 9.17) is 18.1 Å². The minimum Gasteiger partial charge on any atom is -0.480 e. The largest absolute Gasteiger partial charge is 0.480 e. The van der Waals surface area contributed by atoms with Crippen LogP contribution < -0.4 is 16.5 Å². The summed E-state index contributed by atoms with van der Waals surface area (Å²) < 4.78 is 7.84. The number of carboxylic acids is 2. The summed E-state index contributed by atoms with van der Waals surface area (Å²) in [5, 5.41) is 25.4. The quantitative estimate of drug-likeness (QED) is 0.0378. The summed E-state index contributed by atoms with van der Waals surface area (Å²) in [6, 6.07) is 7.48. The number of hydrogen-bond acceptors (Lipinski definition) is 10. The Morgan fingerprint density at radius 2 is 1.47 bits per heavy atom. The van der Waals surface area contributed by atoms with E-state index in [1.54, 1.807) is 33.9 Å². The lowest BCUT2D eigenvalue weighted by Crippen LogP contribution is -2.29. The van der Waals surface area contributed by atoms with Crippen LogP contribution in [0, 0.1) is 0 Å². The standard InChI is InChI=1S/C27H38N8O6S2/c28-40-41-43-22-9-7-21(8-10-22)32-27(42)31-11-5-3-1-2-4-6-14-33(17-23-29-12-15-34(23)19-25(36)37)18-24-30-13-16-35(24)20-26(38)39/h7-10,12-13,15-16H,1-6,11,14,17-20,28H2,(H,36,37)(H,38,39)(H2,31,32,42). The molecule has 0 unspecified atom stereocenters. The van der Waals surface area contributed by atoms with Crippen LogP contribution in [-0.2, 0) is 45.1 Å². The third kappa shape index (κ3) is 13.1. The molecule has 0 aliphatic heterocycles. The molecule has 1 aromatic carbocycles. The number of imidazole rings is 2. The number of anilines is 1. The maximum Gasteiger partial charge on any atom is 0.323 e. The zero-order valence-corrected chi connectivity index (χ0v) is 25.4. The number of nitrogens with two attached hydrogens (primary N) is 1. The number of aliphatic carboxylic acids is 2. The van der Waals surface area contributed by atoms with Crippen molar-refractivity contribution < 1.29 is 29.1 Å². The van der Waals surface area contributed by atoms with Gasteiger partial charge in [-0.05, 0) is 55.9 Å². The molecule has 0 aliphatic rings. The second kappa shape index (κ2) is 18.9. The van der Waals surface area contributed by atoms with Crippen LogP contribution >= 0.6 is 24.3 Å². The van der Waals surface area contributed by atoms with Gasteiger partial charge in [0.1, 0.15) is 24.7 Å². The highest BCUT2D eigenvalue weighted by molar-refractivity contribution is 7.94. The first kappa shape index (κ1) is 34.0. The predicted octanol–water partition coefficient (Wildman–Crippen LogP) is 3.41. The van der Waals surface area contributed by atoms with Crippen molar-refractivity contribution in [2.75, 3.05) is 18.4 Å². The predicted molar refractivity (Wildman–Crippen MR) is 164 cm³/mol. The Morgan fingerprint density at radius 1 is 0.907 bits per heavy atom. The number of aromatic nitrogens is 4. The van der Waals surface area contributed by atoms with Gasteiger partial charge in [-0.25, -0.2) is 9.97 Å². The normalized spacial score (nSPS) is 11.1. The van der Waals surface area contributed by atoms with E-state index in [1.807, 2.05) is 24.3 Å². The van der Waals surface area contributed by atoms with Gasteiger partial charge in [-0.2, -0.15) is 5.90 Å². The number of rotatable bonds is 21. The Morgan fingerprint density at radius 3 is 2.02 bits per heavy atom. The van der Waals surface area contributed by atoms with Crippen molar-refractivity contribution in [2.45, 2.75) is 69.6 Å². The van der Waals surface area contributed by atoms with Crippen LogP contribution in [0.2, 0.25) is 0 Å². The number of benzene rings is 1. The minimum absolute atomic E-state index is 0.166. The number of carbonyl (C=O) groups is 2. The second-order valence-corrected chi connectivity index (χ2v) is 10.9. The SMILES string of the molecule is NOOSc1ccc(NC(=S)NCCCCCCCCN(Cc2nccn2CC(=O)O)Cc2nccn2CC(=O)O)cc1. The lowest BCUT2D eigenvalue weighted by Gasteiger charge is -2.22. The Kier molecular flexibility index (Phi) is 14.9. The summed E-state index contributed by atoms with van der Waals surface area (Å²) in [6.07, 6.45) is 12.7. The average Bonchev–Trinajstić information content (AvgIpc) is 3.59. The fourth-order valence-corrected chi connectivity index (χ4v) is 4.96. The first-order valence-corrected chi connectivity index (χ1v) is 15.0. The molecular formula is C27H38N8O6S2. The van der Waals surface area contributed by atoms with Crippen LogP contribution in [0.15, 0.2) is 53.9 Å². The molecule has 3 rings (SSSR count). The molecule has 234 valence electrons. The molecule has 2 heterocycles. The van der Waals surface area contributed by atoms with Gasteiger partial charge in [-0.15, -0.1) is 9.32 Å². The lowest BCUT2D eigenvalue weighted by atomic mass is 10.1. The molecule has 0 saturated carbocycles. The molecule has 0 atom stereocenters. The second-order valence-electron chi connectivity index (χ2n) is 9.72. The molecule has 2 aromatic heterocycles. The van der Waals surface area contributed by atoms with Crippen molar-refractivity contribution >= 4 is 47.0 Å². The molecule has 0 spiro atoms. The van der Waals surface area contributed by atoms with E-state index < -0.39 is 11.9 Å². The topological polar surface area (TPSA) is 182 Å². The van der Waals surface area contributed by atoms with Crippen molar-refractivity contribution in [2.24, 2.45) is 5.90 Å². The van der Waals surface area contributed by atoms with Gasteiger partial charge in [-0.1, -0.05) is 25.7 Å². The Hall–Kier alpha value is -3.54. The monoisotopic (exact) mass is 634 g/mol. The van der Waals surface area contributed by atoms with Gasteiger partial charge < -0.3 is 30.0 Å². The van der Waals surface area contributed by atoms with Gasteiger partial charge in [-0.3, -0.25) is 14.5 Å². The highest BCUT2D eigenvalue weighted by atomic mass is 32.2. The van der Waals surface area contributed by atoms with Crippen LogP contribution in [0.3, 0.4) is 0 Å². The zero-order valence-electron chi connectivity index (χ0n) is 23.8. The van der Waals surface area contributed by atoms with Crippen molar-refractivity contribution in [3.05, 3.63) is 60.7 Å². The molecule has 43 heavy (non-hydrogen) atoms. The molecule has 6 N–H and O–H groups in total. The van der Waals surface area contributed by atoms with Crippen LogP contribution in [0.1, 0.15) is 50.2 Å². The van der Waals surface area contributed by atoms with Gasteiger partial charge >= 0.3 is 11.9 Å². The molecular weight excluding hydrogens is 596 g/mol. The first-order chi connectivity index (χ1) is 20.8. The summed E-state index contributed by atoms with van der Waals surface area (Å²) in [5.41, 5.74) is 0.862. The molecule has 0 aliphatic carbocycles. The maximum atomic E-state index is 11.2. The van der Waals surface area contributed by atoms with Crippen molar-refractivity contribution in [3.8, 4) is 0 Å². The Bertz CT molecular complexity index is 1230. The fourth-order valence-electron chi connectivity index (χ4n) is 4.37. The minimum atomic E-state index is -0.938. The number of carboxylic acid groups (broad SMARTS) is 2. The molecule has 14 nitrogen and oxygen atoms in total. The van der Waals surface area contributed by atoms with Crippen LogP contribution in [0.25, 0.3) is 0 Å². The molecule has 0 amide bonds. The molecule has 3 aromatic rings. The fraction of sp³-hybridized carbons (Fsp3) is 0.444. The molecule has 0 fully saturated rings. The third-order valence-electron chi connectivity index (χ3n) is 6.41. The summed E-state index contributed by atoms with van der Waals surface area (Å²) in [4.78, 5) is 38.2. The van der Waals surface area contributed by atoms with E-state index in [0.29, 0.717) is 29.9 Å². The summed E-state index contributed by atoms with van der Waals surface area (Å²) in [6.45, 7) is 2.05. The summed E-state index contributed by atoms with van der Waals surface area (Å²) in [5.74, 6) is 4.24. The van der Waals surface area contributed by atoms with E-state index in [-0.39, 0.29) is 13.1 Å². The highest BCUT2D eigenvalue weighted by Gasteiger charge is 2.16. The average molecular weight is 635 g/mol. The van der Waals surface area contributed by atoms with E-state index in [9.17, 15) is 19.8 Å². The van der Waals surface area contributed by atoms with Crippen molar-refractivity contribution in [1.82, 2.24) is 29.3 Å². The zero-order chi connectivity index (χ0) is 30.9. The van der Waals surface area contributed by atoms with Gasteiger partial charge in [0.2, 0.25) is 0 Å². The smallest absolute Gasteiger partial charge is 0.323 e. The highest BCUT2D eigenvalue weighted by Crippen LogP contribution is 2.21. The molecule has 0 saturated heterocycles. The first-order valence-electron chi connectivity index (χ1n) is 13.8. The van der Waals surface area contributed by atoms with Crippen molar-refractivity contribution in [1.29, 1.82) is 0 Å². The lowest BCUT2D eigenvalue weighted by molar-refractivity contribution is -0.195. The molecule has 16 heteroatoms. The summed E-state index contributed by atoms with van der Waals surface area (Å²) in [7, 11) is 0. The van der Waals surface area contributed by atoms with E-state index in [2.05, 4.69) is 34.8 Å². The van der Waals surface area contributed by atoms with Crippen molar-refractivity contribution in [3.63, 3.8) is 0 Å². The number of nitrogens with one attached hydrogen (secondary N) is 2. The van der Waals surface area contributed by atoms with Gasteiger partial charge in [0, 0.05) is 41.9 Å².